The van der Waals surface area contributed by atoms with E-state index in [1.807, 2.05) is 30.3 Å². The standard InChI is InChI=1S/C25H21N3O2/c29-25(20-11-9-19(10-12-20)24-15-26-17-30-24)27-22-7-3-1-6-21(22)16-28-14-13-18-5-2-4-8-23(18)28/h1-12,15,17H,13-14,16H2,(H,27,29). The van der Waals surface area contributed by atoms with Crippen LogP contribution in [0.15, 0.2) is 89.8 Å². The van der Waals surface area contributed by atoms with Crippen molar-refractivity contribution in [2.24, 2.45) is 0 Å². The number of nitrogens with one attached hydrogen (secondary N) is 1. The molecule has 0 bridgehead atoms. The van der Waals surface area contributed by atoms with Gasteiger partial charge in [-0.1, -0.05) is 48.5 Å². The van der Waals surface area contributed by atoms with Crippen LogP contribution in [0.5, 0.6) is 0 Å². The second-order valence-electron chi connectivity index (χ2n) is 7.35. The number of para-hydroxylation sites is 2. The molecule has 5 rings (SSSR count). The SMILES string of the molecule is O=C(Nc1ccccc1CN1CCc2ccccc21)c1ccc(-c2cnco2)cc1. The lowest BCUT2D eigenvalue weighted by Gasteiger charge is -2.21. The summed E-state index contributed by atoms with van der Waals surface area (Å²) in [7, 11) is 0. The summed E-state index contributed by atoms with van der Waals surface area (Å²) in [6, 6.07) is 23.8. The van der Waals surface area contributed by atoms with E-state index in [0.717, 1.165) is 36.3 Å². The molecule has 30 heavy (non-hydrogen) atoms. The number of hydrogen-bond acceptors (Lipinski definition) is 4. The van der Waals surface area contributed by atoms with Crippen LogP contribution in [0.2, 0.25) is 0 Å². The van der Waals surface area contributed by atoms with Crippen LogP contribution in [-0.4, -0.2) is 17.4 Å². The van der Waals surface area contributed by atoms with Gasteiger partial charge in [0, 0.05) is 35.6 Å². The van der Waals surface area contributed by atoms with Gasteiger partial charge in [0.25, 0.3) is 5.91 Å². The second kappa shape index (κ2) is 7.87. The number of amides is 1. The summed E-state index contributed by atoms with van der Waals surface area (Å²) < 4.78 is 5.30. The van der Waals surface area contributed by atoms with Crippen molar-refractivity contribution < 1.29 is 9.21 Å². The summed E-state index contributed by atoms with van der Waals surface area (Å²) in [5.74, 6) is 0.548. The Labute approximate surface area is 175 Å². The second-order valence-corrected chi connectivity index (χ2v) is 7.35. The van der Waals surface area contributed by atoms with Crippen LogP contribution < -0.4 is 10.2 Å². The summed E-state index contributed by atoms with van der Waals surface area (Å²) in [5, 5.41) is 3.08. The number of benzene rings is 3. The molecule has 148 valence electrons. The number of carbonyl (C=O) groups is 1. The molecule has 0 atom stereocenters. The number of aromatic nitrogens is 1. The highest BCUT2D eigenvalue weighted by molar-refractivity contribution is 6.04. The largest absolute Gasteiger partial charge is 0.444 e. The van der Waals surface area contributed by atoms with E-state index >= 15 is 0 Å². The van der Waals surface area contributed by atoms with E-state index < -0.39 is 0 Å². The van der Waals surface area contributed by atoms with Crippen molar-refractivity contribution in [2.75, 3.05) is 16.8 Å². The summed E-state index contributed by atoms with van der Waals surface area (Å²) in [4.78, 5) is 19.1. The van der Waals surface area contributed by atoms with Crippen LogP contribution in [0.3, 0.4) is 0 Å². The minimum absolute atomic E-state index is 0.131. The summed E-state index contributed by atoms with van der Waals surface area (Å²) in [6.45, 7) is 1.75. The first kappa shape index (κ1) is 18.2. The number of nitrogens with zero attached hydrogens (tertiary/aromatic N) is 2. The van der Waals surface area contributed by atoms with Gasteiger partial charge < -0.3 is 14.6 Å². The molecule has 4 aromatic rings. The Morgan fingerprint density at radius 1 is 1.00 bits per heavy atom. The minimum Gasteiger partial charge on any atom is -0.444 e. The molecule has 1 N–H and O–H groups in total. The molecule has 5 heteroatoms. The predicted octanol–water partition coefficient (Wildman–Crippen LogP) is 5.16. The topological polar surface area (TPSA) is 58.4 Å². The third-order valence-corrected chi connectivity index (χ3v) is 5.47. The molecule has 1 amide bonds. The smallest absolute Gasteiger partial charge is 0.255 e. The van der Waals surface area contributed by atoms with Crippen molar-refractivity contribution in [3.63, 3.8) is 0 Å². The Balaban J connectivity index is 1.33. The fraction of sp³-hybridized carbons (Fsp3) is 0.120. The van der Waals surface area contributed by atoms with Gasteiger partial charge in [-0.05, 0) is 41.8 Å². The van der Waals surface area contributed by atoms with Crippen LogP contribution in [0.4, 0.5) is 11.4 Å². The van der Waals surface area contributed by atoms with Gasteiger partial charge in [-0.3, -0.25) is 4.79 Å². The molecule has 1 aromatic heterocycles. The number of anilines is 2. The van der Waals surface area contributed by atoms with Crippen molar-refractivity contribution >= 4 is 17.3 Å². The lowest BCUT2D eigenvalue weighted by Crippen LogP contribution is -2.21. The minimum atomic E-state index is -0.131. The average molecular weight is 395 g/mol. The van der Waals surface area contributed by atoms with Gasteiger partial charge in [0.2, 0.25) is 0 Å². The van der Waals surface area contributed by atoms with Gasteiger partial charge in [-0.15, -0.1) is 0 Å². The first-order chi connectivity index (χ1) is 14.8. The zero-order chi connectivity index (χ0) is 20.3. The maximum absolute atomic E-state index is 12.8. The first-order valence-electron chi connectivity index (χ1n) is 9.99. The van der Waals surface area contributed by atoms with Crippen molar-refractivity contribution in [2.45, 2.75) is 13.0 Å². The average Bonchev–Trinajstić information content (AvgIpc) is 3.46. The number of oxazole rings is 1. The van der Waals surface area contributed by atoms with Gasteiger partial charge in [0.05, 0.1) is 6.20 Å². The molecule has 5 nitrogen and oxygen atoms in total. The predicted molar refractivity (Wildman–Crippen MR) is 118 cm³/mol. The van der Waals surface area contributed by atoms with Gasteiger partial charge in [0.15, 0.2) is 12.2 Å². The molecule has 0 aliphatic carbocycles. The van der Waals surface area contributed by atoms with E-state index in [4.69, 9.17) is 4.42 Å². The highest BCUT2D eigenvalue weighted by Gasteiger charge is 2.19. The molecular formula is C25H21N3O2. The van der Waals surface area contributed by atoms with E-state index in [-0.39, 0.29) is 5.91 Å². The Morgan fingerprint density at radius 3 is 2.63 bits per heavy atom. The van der Waals surface area contributed by atoms with E-state index in [1.54, 1.807) is 18.3 Å². The Hall–Kier alpha value is -3.86. The van der Waals surface area contributed by atoms with Crippen molar-refractivity contribution in [1.29, 1.82) is 0 Å². The monoisotopic (exact) mass is 395 g/mol. The fourth-order valence-electron chi connectivity index (χ4n) is 3.90. The molecule has 1 aliphatic heterocycles. The van der Waals surface area contributed by atoms with E-state index in [0.29, 0.717) is 11.3 Å². The quantitative estimate of drug-likeness (QED) is 0.507. The number of fused-ring (bicyclic) bond motifs is 1. The van der Waals surface area contributed by atoms with Crippen LogP contribution in [-0.2, 0) is 13.0 Å². The molecular weight excluding hydrogens is 374 g/mol. The van der Waals surface area contributed by atoms with Crippen LogP contribution >= 0.6 is 0 Å². The maximum Gasteiger partial charge on any atom is 0.255 e. The van der Waals surface area contributed by atoms with E-state index in [1.165, 1.54) is 17.6 Å². The molecule has 3 aromatic carbocycles. The highest BCUT2D eigenvalue weighted by atomic mass is 16.3. The normalized spacial score (nSPS) is 12.6. The molecule has 1 aliphatic rings. The lowest BCUT2D eigenvalue weighted by molar-refractivity contribution is 0.102. The Bertz CT molecular complexity index is 1170. The fourth-order valence-corrected chi connectivity index (χ4v) is 3.90. The molecule has 0 fully saturated rings. The first-order valence-corrected chi connectivity index (χ1v) is 9.99. The van der Waals surface area contributed by atoms with Gasteiger partial charge in [-0.2, -0.15) is 0 Å². The molecule has 2 heterocycles. The van der Waals surface area contributed by atoms with Crippen molar-refractivity contribution in [1.82, 2.24) is 4.98 Å². The highest BCUT2D eigenvalue weighted by Crippen LogP contribution is 2.30. The summed E-state index contributed by atoms with van der Waals surface area (Å²) in [5.41, 5.74) is 6.08. The third-order valence-electron chi connectivity index (χ3n) is 5.47. The van der Waals surface area contributed by atoms with Crippen LogP contribution in [0.1, 0.15) is 21.5 Å². The van der Waals surface area contributed by atoms with Crippen LogP contribution in [0.25, 0.3) is 11.3 Å². The van der Waals surface area contributed by atoms with Gasteiger partial charge in [0.1, 0.15) is 0 Å². The Morgan fingerprint density at radius 2 is 1.80 bits per heavy atom. The van der Waals surface area contributed by atoms with Crippen molar-refractivity contribution in [3.8, 4) is 11.3 Å². The molecule has 0 spiro atoms. The molecule has 0 unspecified atom stereocenters. The zero-order valence-corrected chi connectivity index (χ0v) is 16.4. The molecule has 0 radical (unpaired) electrons. The van der Waals surface area contributed by atoms with E-state index in [9.17, 15) is 4.79 Å². The van der Waals surface area contributed by atoms with Crippen molar-refractivity contribution in [3.05, 3.63) is 102 Å². The van der Waals surface area contributed by atoms with Gasteiger partial charge in [-0.25, -0.2) is 4.98 Å². The van der Waals surface area contributed by atoms with Crippen LogP contribution in [0, 0.1) is 0 Å². The number of rotatable bonds is 5. The summed E-state index contributed by atoms with van der Waals surface area (Å²) >= 11 is 0. The molecule has 0 saturated carbocycles. The Kier molecular flexibility index (Phi) is 4.77. The van der Waals surface area contributed by atoms with Gasteiger partial charge >= 0.3 is 0 Å². The molecule has 0 saturated heterocycles. The number of carbonyl (C=O) groups excluding carboxylic acids is 1. The maximum atomic E-state index is 12.8. The zero-order valence-electron chi connectivity index (χ0n) is 16.4. The third kappa shape index (κ3) is 3.57. The van der Waals surface area contributed by atoms with E-state index in [2.05, 4.69) is 45.5 Å². The summed E-state index contributed by atoms with van der Waals surface area (Å²) in [6.07, 6.45) is 4.11. The number of hydrogen-bond donors (Lipinski definition) is 1. The lowest BCUT2D eigenvalue weighted by atomic mass is 10.1.